The van der Waals surface area contributed by atoms with E-state index in [1.165, 1.54) is 17.5 Å². The fourth-order valence-electron chi connectivity index (χ4n) is 3.66. The number of ether oxygens (including phenoxy) is 1. The number of benzene rings is 1. The Morgan fingerprint density at radius 3 is 2.40 bits per heavy atom. The molecule has 0 N–H and O–H groups in total. The summed E-state index contributed by atoms with van der Waals surface area (Å²) in [6.07, 6.45) is -0.929. The first-order valence-corrected chi connectivity index (χ1v) is 13.5. The molecule has 1 aromatic carbocycles. The van der Waals surface area contributed by atoms with E-state index in [-0.39, 0.29) is 29.1 Å². The zero-order valence-corrected chi connectivity index (χ0v) is 20.0. The second-order valence-electron chi connectivity index (χ2n) is 8.04. The third-order valence-corrected chi connectivity index (χ3v) is 7.94. The molecule has 0 amide bonds. The molecule has 0 saturated carbocycles. The molecule has 1 atom stereocenters. The molecular weight excluding hydrogens is 512 g/mol. The van der Waals surface area contributed by atoms with Crippen molar-refractivity contribution in [3.63, 3.8) is 0 Å². The topological polar surface area (TPSA) is 102 Å². The minimum atomic E-state index is -4.50. The van der Waals surface area contributed by atoms with Crippen molar-refractivity contribution in [2.45, 2.75) is 23.9 Å². The predicted molar refractivity (Wildman–Crippen MR) is 121 cm³/mol. The van der Waals surface area contributed by atoms with Gasteiger partial charge in [0.05, 0.1) is 27.0 Å². The minimum Gasteiger partial charge on any atom is -0.484 e. The van der Waals surface area contributed by atoms with Crippen LogP contribution >= 0.6 is 0 Å². The van der Waals surface area contributed by atoms with Crippen LogP contribution in [0.4, 0.5) is 23.5 Å². The Hall–Kier alpha value is -2.87. The van der Waals surface area contributed by atoms with Crippen molar-refractivity contribution in [2.24, 2.45) is 10.9 Å². The Morgan fingerprint density at radius 1 is 1.17 bits per heavy atom. The van der Waals surface area contributed by atoms with E-state index in [4.69, 9.17) is 4.74 Å². The van der Waals surface area contributed by atoms with E-state index >= 15 is 0 Å². The quantitative estimate of drug-likeness (QED) is 0.526. The lowest BCUT2D eigenvalue weighted by Gasteiger charge is -2.31. The molecule has 2 aliphatic rings. The number of rotatable bonds is 6. The minimum absolute atomic E-state index is 0.110. The molecule has 1 unspecified atom stereocenters. The number of sulfone groups is 1. The molecule has 1 saturated heterocycles. The molecule has 8 nitrogen and oxygen atoms in total. The van der Waals surface area contributed by atoms with E-state index < -0.39 is 38.2 Å². The van der Waals surface area contributed by atoms with Crippen molar-refractivity contribution in [3.8, 4) is 5.75 Å². The van der Waals surface area contributed by atoms with Gasteiger partial charge in [0.15, 0.2) is 21.4 Å². The second-order valence-corrected chi connectivity index (χ2v) is 11.3. The summed E-state index contributed by atoms with van der Waals surface area (Å²) in [5, 5.41) is 1.88. The van der Waals surface area contributed by atoms with Crippen LogP contribution in [0.1, 0.15) is 18.4 Å². The molecule has 0 spiro atoms. The Kier molecular flexibility index (Phi) is 6.95. The van der Waals surface area contributed by atoms with Crippen molar-refractivity contribution < 1.29 is 34.9 Å². The summed E-state index contributed by atoms with van der Waals surface area (Å²) in [5.74, 6) is -0.907. The molecular formula is C21H20F4N4O4S2. The predicted octanol–water partition coefficient (Wildman–Crippen LogP) is 3.34. The van der Waals surface area contributed by atoms with Crippen LogP contribution in [0, 0.1) is 11.7 Å². The maximum atomic E-state index is 14.2. The molecule has 35 heavy (non-hydrogen) atoms. The maximum Gasteiger partial charge on any atom is 0.419 e. The zero-order valence-electron chi connectivity index (χ0n) is 18.3. The van der Waals surface area contributed by atoms with Crippen LogP contribution in [0.15, 0.2) is 51.6 Å². The fourth-order valence-corrected chi connectivity index (χ4v) is 5.55. The summed E-state index contributed by atoms with van der Waals surface area (Å²) in [6, 6.07) is 3.31. The molecule has 3 heterocycles. The second kappa shape index (κ2) is 9.64. The highest BCUT2D eigenvalue weighted by atomic mass is 32.2. The van der Waals surface area contributed by atoms with Gasteiger partial charge in [-0.2, -0.15) is 13.2 Å². The van der Waals surface area contributed by atoms with Gasteiger partial charge in [-0.15, -0.1) is 0 Å². The van der Waals surface area contributed by atoms with Crippen LogP contribution < -0.4 is 9.64 Å². The van der Waals surface area contributed by atoms with E-state index in [1.54, 1.807) is 4.90 Å². The summed E-state index contributed by atoms with van der Waals surface area (Å²) >= 11 is 0. The molecule has 2 aliphatic heterocycles. The molecule has 1 fully saturated rings. The standard InChI is InChI=1S/C21H20F4N4O4S2/c1-35(31,32)16-2-3-18(17(22)8-16)33-11-15-12-34(30)19(28-15)13-4-6-29(7-5-13)20-26-9-14(10-27-20)21(23,24)25/h2-3,8-10,12-13H,4-7,11H2,1H3. The largest absolute Gasteiger partial charge is 0.484 e. The first-order chi connectivity index (χ1) is 16.4. The molecule has 0 aliphatic carbocycles. The zero-order chi connectivity index (χ0) is 25.4. The Balaban J connectivity index is 1.34. The van der Waals surface area contributed by atoms with Crippen LogP contribution in [0.25, 0.3) is 0 Å². The maximum absolute atomic E-state index is 14.2. The molecule has 0 radical (unpaired) electrons. The first-order valence-electron chi connectivity index (χ1n) is 10.4. The summed E-state index contributed by atoms with van der Waals surface area (Å²) in [6.45, 7) is 0.759. The lowest BCUT2D eigenvalue weighted by Crippen LogP contribution is -2.37. The number of aromatic nitrogens is 2. The highest BCUT2D eigenvalue weighted by Gasteiger charge is 2.33. The molecule has 4 rings (SSSR count). The summed E-state index contributed by atoms with van der Waals surface area (Å²) in [4.78, 5) is 13.6. The van der Waals surface area contributed by atoms with Crippen LogP contribution in [0.3, 0.4) is 0 Å². The van der Waals surface area contributed by atoms with E-state index in [0.29, 0.717) is 36.7 Å². The number of aliphatic imine (C=N–C) groups is 1. The number of hydrogen-bond donors (Lipinski definition) is 0. The number of alkyl halides is 3. The van der Waals surface area contributed by atoms with Gasteiger partial charge in [-0.3, -0.25) is 0 Å². The van der Waals surface area contributed by atoms with Gasteiger partial charge >= 0.3 is 6.18 Å². The monoisotopic (exact) mass is 532 g/mol. The first kappa shape index (κ1) is 25.2. The SMILES string of the molecule is CS(=O)(=O)c1ccc(OCC2=CS(=O)C(C3CCN(c4ncc(C(F)(F)F)cn4)CC3)=N2)c(F)c1. The van der Waals surface area contributed by atoms with Crippen molar-refractivity contribution >= 4 is 31.6 Å². The molecule has 2 aromatic rings. The van der Waals surface area contributed by atoms with Gasteiger partial charge in [0.1, 0.15) is 11.7 Å². The van der Waals surface area contributed by atoms with Crippen molar-refractivity contribution in [2.75, 3.05) is 30.9 Å². The third-order valence-electron chi connectivity index (χ3n) is 5.50. The van der Waals surface area contributed by atoms with Crippen molar-refractivity contribution in [3.05, 3.63) is 53.1 Å². The van der Waals surface area contributed by atoms with Gasteiger partial charge < -0.3 is 9.64 Å². The Bertz CT molecular complexity index is 1300. The van der Waals surface area contributed by atoms with Gasteiger partial charge in [-0.05, 0) is 31.0 Å². The van der Waals surface area contributed by atoms with E-state index in [2.05, 4.69) is 15.0 Å². The Morgan fingerprint density at radius 2 is 1.83 bits per heavy atom. The number of halogens is 4. The molecule has 0 bridgehead atoms. The van der Waals surface area contributed by atoms with Crippen LogP contribution in [-0.4, -0.2) is 53.6 Å². The van der Waals surface area contributed by atoms with E-state index in [9.17, 15) is 30.2 Å². The van der Waals surface area contributed by atoms with Gasteiger partial charge in [0.2, 0.25) is 5.95 Å². The summed E-state index contributed by atoms with van der Waals surface area (Å²) < 4.78 is 93.3. The van der Waals surface area contributed by atoms with Crippen LogP contribution in [0.2, 0.25) is 0 Å². The van der Waals surface area contributed by atoms with Crippen LogP contribution in [0.5, 0.6) is 5.75 Å². The summed E-state index contributed by atoms with van der Waals surface area (Å²) in [7, 11) is -5.03. The fraction of sp³-hybridized carbons (Fsp3) is 0.381. The third kappa shape index (κ3) is 5.86. The lowest BCUT2D eigenvalue weighted by molar-refractivity contribution is -0.138. The van der Waals surface area contributed by atoms with Crippen LogP contribution in [-0.2, 0) is 26.8 Å². The van der Waals surface area contributed by atoms with Gasteiger partial charge in [-0.1, -0.05) is 0 Å². The number of piperidine rings is 1. The van der Waals surface area contributed by atoms with E-state index in [0.717, 1.165) is 24.7 Å². The lowest BCUT2D eigenvalue weighted by atomic mass is 9.98. The van der Waals surface area contributed by atoms with Crippen molar-refractivity contribution in [1.82, 2.24) is 9.97 Å². The van der Waals surface area contributed by atoms with Crippen molar-refractivity contribution in [1.29, 1.82) is 0 Å². The summed E-state index contributed by atoms with van der Waals surface area (Å²) in [5.41, 5.74) is -0.558. The normalized spacial score (nSPS) is 19.5. The molecule has 1 aromatic heterocycles. The molecule has 188 valence electrons. The van der Waals surface area contributed by atoms with Gasteiger partial charge in [0.25, 0.3) is 0 Å². The smallest absolute Gasteiger partial charge is 0.419 e. The average Bonchev–Trinajstić information content (AvgIpc) is 3.17. The van der Waals surface area contributed by atoms with E-state index in [1.807, 2.05) is 0 Å². The van der Waals surface area contributed by atoms with Gasteiger partial charge in [0, 0.05) is 43.1 Å². The Labute approximate surface area is 201 Å². The highest BCUT2D eigenvalue weighted by Crippen LogP contribution is 2.30. The average molecular weight is 533 g/mol. The number of anilines is 1. The number of hydrogen-bond acceptors (Lipinski definition) is 8. The highest BCUT2D eigenvalue weighted by molar-refractivity contribution is 8.03. The molecule has 14 heteroatoms. The van der Waals surface area contributed by atoms with Gasteiger partial charge in [-0.25, -0.2) is 32.0 Å². The number of nitrogens with zero attached hydrogens (tertiary/aromatic N) is 4.